The zero-order valence-electron chi connectivity index (χ0n) is 16.2. The highest BCUT2D eigenvalue weighted by molar-refractivity contribution is 5.94. The highest BCUT2D eigenvalue weighted by atomic mass is 16.6. The molecule has 0 saturated carbocycles. The Morgan fingerprint density at radius 1 is 1.00 bits per heavy atom. The summed E-state index contributed by atoms with van der Waals surface area (Å²) in [4.78, 5) is 35.8. The van der Waals surface area contributed by atoms with E-state index in [1.165, 1.54) is 34.6 Å². The molecule has 30 heavy (non-hydrogen) atoms. The minimum atomic E-state index is -0.476. The molecular formula is C21H17N5O4. The van der Waals surface area contributed by atoms with E-state index in [4.69, 9.17) is 0 Å². The van der Waals surface area contributed by atoms with Gasteiger partial charge in [0.25, 0.3) is 11.2 Å². The second kappa shape index (κ2) is 7.28. The van der Waals surface area contributed by atoms with E-state index >= 15 is 0 Å². The maximum Gasteiger partial charge on any atom is 0.330 e. The van der Waals surface area contributed by atoms with Gasteiger partial charge in [-0.05, 0) is 0 Å². The van der Waals surface area contributed by atoms with Gasteiger partial charge in [-0.25, -0.2) is 9.47 Å². The fourth-order valence-corrected chi connectivity index (χ4v) is 3.34. The van der Waals surface area contributed by atoms with E-state index < -0.39 is 16.2 Å². The van der Waals surface area contributed by atoms with Crippen molar-refractivity contribution >= 4 is 22.8 Å². The van der Waals surface area contributed by atoms with Gasteiger partial charge in [0.2, 0.25) is 0 Å². The third-order valence-electron chi connectivity index (χ3n) is 4.88. The summed E-state index contributed by atoms with van der Waals surface area (Å²) in [7, 11) is 3.02. The Hall–Kier alpha value is -4.27. The third-order valence-corrected chi connectivity index (χ3v) is 4.88. The standard InChI is InChI=1S/C21H17N5O4/c1-23-17-13-25(22-12-14-7-6-10-16(11-14)26(29)30)19(15-8-4-3-5-9-15)18(17)20(27)24(2)21(23)28/h3-13H,1-2H3/b22-12+. The number of aryl methyl sites for hydroxylation is 1. The summed E-state index contributed by atoms with van der Waals surface area (Å²) in [6.45, 7) is 0. The molecule has 0 aliphatic heterocycles. The molecule has 0 radical (unpaired) electrons. The molecule has 0 saturated heterocycles. The van der Waals surface area contributed by atoms with E-state index in [9.17, 15) is 19.7 Å². The zero-order valence-corrected chi connectivity index (χ0v) is 16.2. The fourth-order valence-electron chi connectivity index (χ4n) is 3.34. The van der Waals surface area contributed by atoms with Gasteiger partial charge in [0.1, 0.15) is 0 Å². The van der Waals surface area contributed by atoms with Gasteiger partial charge < -0.3 is 0 Å². The summed E-state index contributed by atoms with van der Waals surface area (Å²) in [6, 6.07) is 15.3. The number of benzene rings is 2. The van der Waals surface area contributed by atoms with Crippen LogP contribution in [0.1, 0.15) is 5.56 Å². The lowest BCUT2D eigenvalue weighted by Crippen LogP contribution is -2.36. The van der Waals surface area contributed by atoms with Crippen LogP contribution in [-0.2, 0) is 14.1 Å². The molecule has 0 bridgehead atoms. The van der Waals surface area contributed by atoms with Gasteiger partial charge >= 0.3 is 5.69 Å². The number of rotatable bonds is 4. The van der Waals surface area contributed by atoms with E-state index in [2.05, 4.69) is 5.10 Å². The first-order chi connectivity index (χ1) is 14.4. The second-order valence-corrected chi connectivity index (χ2v) is 6.75. The molecule has 4 aromatic rings. The molecule has 0 unspecified atom stereocenters. The summed E-state index contributed by atoms with van der Waals surface area (Å²) in [5.41, 5.74) is 1.35. The first-order valence-electron chi connectivity index (χ1n) is 9.04. The molecule has 0 aliphatic rings. The number of non-ortho nitro benzene ring substituents is 1. The van der Waals surface area contributed by atoms with E-state index in [0.29, 0.717) is 22.2 Å². The molecule has 2 heterocycles. The minimum absolute atomic E-state index is 0.0452. The van der Waals surface area contributed by atoms with E-state index in [1.54, 1.807) is 25.4 Å². The smallest absolute Gasteiger partial charge is 0.295 e. The summed E-state index contributed by atoms with van der Waals surface area (Å²) < 4.78 is 3.96. The van der Waals surface area contributed by atoms with Crippen LogP contribution in [0.15, 0.2) is 75.5 Å². The van der Waals surface area contributed by atoms with E-state index in [-0.39, 0.29) is 5.69 Å². The van der Waals surface area contributed by atoms with Crippen molar-refractivity contribution in [3.05, 3.63) is 97.3 Å². The Morgan fingerprint density at radius 2 is 1.73 bits per heavy atom. The van der Waals surface area contributed by atoms with Crippen molar-refractivity contribution in [2.24, 2.45) is 19.2 Å². The van der Waals surface area contributed by atoms with Crippen molar-refractivity contribution in [2.75, 3.05) is 0 Å². The van der Waals surface area contributed by atoms with Crippen molar-refractivity contribution in [1.82, 2.24) is 13.8 Å². The Kier molecular flexibility index (Phi) is 4.63. The second-order valence-electron chi connectivity index (χ2n) is 6.75. The maximum absolute atomic E-state index is 12.9. The number of aromatic nitrogens is 3. The van der Waals surface area contributed by atoms with Crippen molar-refractivity contribution < 1.29 is 4.92 Å². The topological polar surface area (TPSA) is 104 Å². The van der Waals surface area contributed by atoms with Gasteiger partial charge in [0.05, 0.1) is 33.9 Å². The van der Waals surface area contributed by atoms with E-state index in [0.717, 1.165) is 10.1 Å². The lowest BCUT2D eigenvalue weighted by molar-refractivity contribution is -0.384. The van der Waals surface area contributed by atoms with Crippen LogP contribution < -0.4 is 11.2 Å². The third kappa shape index (κ3) is 3.12. The van der Waals surface area contributed by atoms with E-state index in [1.807, 2.05) is 30.3 Å². The van der Waals surface area contributed by atoms with Crippen LogP contribution in [0.3, 0.4) is 0 Å². The van der Waals surface area contributed by atoms with Gasteiger partial charge in [0.15, 0.2) is 0 Å². The summed E-state index contributed by atoms with van der Waals surface area (Å²) >= 11 is 0. The molecule has 150 valence electrons. The monoisotopic (exact) mass is 403 g/mol. The molecule has 0 fully saturated rings. The summed E-state index contributed by atoms with van der Waals surface area (Å²) in [6.07, 6.45) is 3.08. The molecular weight excluding hydrogens is 386 g/mol. The van der Waals surface area contributed by atoms with Gasteiger partial charge in [-0.1, -0.05) is 42.5 Å². The van der Waals surface area contributed by atoms with Crippen LogP contribution in [0.5, 0.6) is 0 Å². The van der Waals surface area contributed by atoms with Crippen molar-refractivity contribution in [1.29, 1.82) is 0 Å². The molecule has 2 aromatic carbocycles. The number of nitrogens with zero attached hydrogens (tertiary/aromatic N) is 5. The SMILES string of the molecule is Cn1c(=O)c2c(-c3ccccc3)n(/N=C/c3cccc([N+](=O)[O-])c3)cc2n(C)c1=O. The molecule has 0 spiro atoms. The maximum atomic E-state index is 12.9. The molecule has 0 atom stereocenters. The molecule has 0 amide bonds. The van der Waals surface area contributed by atoms with Crippen molar-refractivity contribution in [2.45, 2.75) is 0 Å². The Morgan fingerprint density at radius 3 is 2.43 bits per heavy atom. The molecule has 9 heteroatoms. The van der Waals surface area contributed by atoms with Gasteiger partial charge in [-0.3, -0.25) is 24.0 Å². The van der Waals surface area contributed by atoms with Crippen LogP contribution in [0, 0.1) is 10.1 Å². The average Bonchev–Trinajstić information content (AvgIpc) is 3.15. The summed E-state index contributed by atoms with van der Waals surface area (Å²) in [5, 5.41) is 15.8. The lowest BCUT2D eigenvalue weighted by atomic mass is 10.1. The van der Waals surface area contributed by atoms with Gasteiger partial charge in [0, 0.05) is 37.4 Å². The van der Waals surface area contributed by atoms with Crippen molar-refractivity contribution in [3.63, 3.8) is 0 Å². The van der Waals surface area contributed by atoms with Crippen LogP contribution >= 0.6 is 0 Å². The quantitative estimate of drug-likeness (QED) is 0.297. The number of hydrogen-bond acceptors (Lipinski definition) is 5. The fraction of sp³-hybridized carbons (Fsp3) is 0.0952. The first kappa shape index (κ1) is 19.1. The first-order valence-corrected chi connectivity index (χ1v) is 9.04. The number of nitro groups is 1. The predicted molar refractivity (Wildman–Crippen MR) is 114 cm³/mol. The van der Waals surface area contributed by atoms with Crippen molar-refractivity contribution in [3.8, 4) is 11.3 Å². The van der Waals surface area contributed by atoms with Gasteiger partial charge in [-0.15, -0.1) is 0 Å². The number of fused-ring (bicyclic) bond motifs is 1. The normalized spacial score (nSPS) is 11.4. The molecule has 0 N–H and O–H groups in total. The largest absolute Gasteiger partial charge is 0.330 e. The molecule has 0 aliphatic carbocycles. The van der Waals surface area contributed by atoms with Gasteiger partial charge in [-0.2, -0.15) is 5.10 Å². The summed E-state index contributed by atoms with van der Waals surface area (Å²) in [5.74, 6) is 0. The minimum Gasteiger partial charge on any atom is -0.295 e. The molecule has 9 nitrogen and oxygen atoms in total. The highest BCUT2D eigenvalue weighted by Crippen LogP contribution is 2.27. The zero-order chi connectivity index (χ0) is 21.4. The van der Waals surface area contributed by atoms with Crippen LogP contribution in [0.4, 0.5) is 5.69 Å². The molecule has 4 rings (SSSR count). The van der Waals surface area contributed by atoms with Crippen LogP contribution in [0.25, 0.3) is 22.2 Å². The highest BCUT2D eigenvalue weighted by Gasteiger charge is 2.19. The Labute approximate surface area is 169 Å². The predicted octanol–water partition coefficient (Wildman–Crippen LogP) is 2.50. The number of nitro benzene ring substituents is 1. The van der Waals surface area contributed by atoms with Crippen LogP contribution in [-0.4, -0.2) is 24.9 Å². The Balaban J connectivity index is 1.98. The number of hydrogen-bond donors (Lipinski definition) is 0. The molecule has 2 aromatic heterocycles. The Bertz CT molecular complexity index is 1430. The lowest BCUT2D eigenvalue weighted by Gasteiger charge is -2.06. The van der Waals surface area contributed by atoms with Crippen LogP contribution in [0.2, 0.25) is 0 Å². The average molecular weight is 403 g/mol.